The van der Waals surface area contributed by atoms with Gasteiger partial charge in [0.05, 0.1) is 6.61 Å². The first-order chi connectivity index (χ1) is 10.1. The second kappa shape index (κ2) is 7.40. The molecule has 7 heteroatoms. The Morgan fingerprint density at radius 2 is 2.29 bits per heavy atom. The molecule has 21 heavy (non-hydrogen) atoms. The number of thiazole rings is 1. The van der Waals surface area contributed by atoms with Crippen LogP contribution in [0.3, 0.4) is 0 Å². The summed E-state index contributed by atoms with van der Waals surface area (Å²) >= 11 is 1.25. The van der Waals surface area contributed by atoms with Gasteiger partial charge in [0.15, 0.2) is 5.13 Å². The molecule has 0 unspecified atom stereocenters. The number of carbonyl (C=O) groups excluding carboxylic acids is 1. The number of oxime groups is 1. The summed E-state index contributed by atoms with van der Waals surface area (Å²) in [5.74, 6) is -0.0993. The lowest BCUT2D eigenvalue weighted by molar-refractivity contribution is -0.135. The van der Waals surface area contributed by atoms with E-state index in [1.807, 2.05) is 0 Å². The molecule has 0 amide bonds. The molecule has 1 saturated carbocycles. The molecule has 0 aliphatic heterocycles. The number of hydrogen-bond acceptors (Lipinski definition) is 7. The molecule has 116 valence electrons. The highest BCUT2D eigenvalue weighted by atomic mass is 32.1. The zero-order valence-corrected chi connectivity index (χ0v) is 13.2. The molecule has 0 saturated heterocycles. The molecular formula is C14H21N3O3S. The van der Waals surface area contributed by atoms with E-state index >= 15 is 0 Å². The highest BCUT2D eigenvalue weighted by molar-refractivity contribution is 7.13. The van der Waals surface area contributed by atoms with Crippen molar-refractivity contribution in [2.24, 2.45) is 11.1 Å². The maximum atomic E-state index is 12.0. The maximum Gasteiger partial charge on any atom is 0.362 e. The number of nitrogen functional groups attached to an aromatic ring is 1. The largest absolute Gasteiger partial charge is 0.461 e. The molecular weight excluding hydrogens is 290 g/mol. The predicted octanol–water partition coefficient (Wildman–Crippen LogP) is 2.59. The third-order valence-electron chi connectivity index (χ3n) is 3.55. The number of carbonyl (C=O) groups is 1. The lowest BCUT2D eigenvalue weighted by Gasteiger charge is -2.26. The molecule has 2 atom stereocenters. The fourth-order valence-corrected chi connectivity index (χ4v) is 2.89. The molecule has 1 heterocycles. The van der Waals surface area contributed by atoms with Crippen molar-refractivity contribution >= 4 is 28.1 Å². The molecule has 2 N–H and O–H groups in total. The third kappa shape index (κ3) is 4.17. The van der Waals surface area contributed by atoms with Crippen LogP contribution in [0.5, 0.6) is 0 Å². The summed E-state index contributed by atoms with van der Waals surface area (Å²) in [7, 11) is 0. The van der Waals surface area contributed by atoms with Crippen molar-refractivity contribution in [2.45, 2.75) is 45.6 Å². The first kappa shape index (κ1) is 15.8. The van der Waals surface area contributed by atoms with Gasteiger partial charge in [0, 0.05) is 5.38 Å². The summed E-state index contributed by atoms with van der Waals surface area (Å²) in [6, 6.07) is 0. The second-order valence-electron chi connectivity index (χ2n) is 5.14. The molecule has 0 spiro atoms. The average molecular weight is 311 g/mol. The standard InChI is InChI=1S/C14H21N3O3S/c1-3-19-13(18)12(10-8-21-14(15)16-10)17-20-11-7-5-4-6-9(11)2/h8-9,11H,3-7H2,1-2H3,(H2,15,16)/t9-,11-/m1/s1. The number of ether oxygens (including phenoxy) is 1. The minimum absolute atomic E-state index is 0.0409. The minimum Gasteiger partial charge on any atom is -0.461 e. The van der Waals surface area contributed by atoms with Crippen LogP contribution in [0.15, 0.2) is 10.5 Å². The van der Waals surface area contributed by atoms with Crippen LogP contribution < -0.4 is 5.73 Å². The Hall–Kier alpha value is -1.63. The van der Waals surface area contributed by atoms with E-state index in [9.17, 15) is 4.79 Å². The molecule has 0 aromatic carbocycles. The smallest absolute Gasteiger partial charge is 0.362 e. The van der Waals surface area contributed by atoms with Gasteiger partial charge in [-0.2, -0.15) is 0 Å². The van der Waals surface area contributed by atoms with E-state index in [0.717, 1.165) is 19.3 Å². The van der Waals surface area contributed by atoms with Crippen molar-refractivity contribution in [1.29, 1.82) is 0 Å². The summed E-state index contributed by atoms with van der Waals surface area (Å²) in [6.07, 6.45) is 4.47. The van der Waals surface area contributed by atoms with Crippen LogP contribution in [0, 0.1) is 5.92 Å². The van der Waals surface area contributed by atoms with Gasteiger partial charge in [0.25, 0.3) is 0 Å². The summed E-state index contributed by atoms with van der Waals surface area (Å²) in [5.41, 5.74) is 6.10. The van der Waals surface area contributed by atoms with Crippen molar-refractivity contribution in [2.75, 3.05) is 12.3 Å². The van der Waals surface area contributed by atoms with Crippen molar-refractivity contribution in [3.05, 3.63) is 11.1 Å². The first-order valence-electron chi connectivity index (χ1n) is 7.24. The van der Waals surface area contributed by atoms with Gasteiger partial charge in [0.1, 0.15) is 11.8 Å². The van der Waals surface area contributed by atoms with E-state index in [1.54, 1.807) is 12.3 Å². The number of esters is 1. The Labute approximate surface area is 128 Å². The Kier molecular flexibility index (Phi) is 5.55. The van der Waals surface area contributed by atoms with Crippen LogP contribution in [-0.4, -0.2) is 29.4 Å². The number of nitrogens with two attached hydrogens (primary N) is 1. The van der Waals surface area contributed by atoms with Crippen LogP contribution in [-0.2, 0) is 14.4 Å². The molecule has 6 nitrogen and oxygen atoms in total. The SMILES string of the molecule is CCOC(=O)C(=NO[C@@H]1CCCC[C@H]1C)c1csc(N)n1. The number of rotatable bonds is 5. The minimum atomic E-state index is -0.536. The Morgan fingerprint density at radius 3 is 2.90 bits per heavy atom. The van der Waals surface area contributed by atoms with E-state index in [1.165, 1.54) is 17.8 Å². The fourth-order valence-electron chi connectivity index (χ4n) is 2.34. The first-order valence-corrected chi connectivity index (χ1v) is 8.12. The van der Waals surface area contributed by atoms with Crippen molar-refractivity contribution in [1.82, 2.24) is 4.98 Å². The molecule has 1 fully saturated rings. The van der Waals surface area contributed by atoms with Gasteiger partial charge in [-0.25, -0.2) is 9.78 Å². The Bertz CT molecular complexity index is 515. The van der Waals surface area contributed by atoms with Gasteiger partial charge >= 0.3 is 5.97 Å². The number of anilines is 1. The van der Waals surface area contributed by atoms with Crippen LogP contribution in [0.25, 0.3) is 0 Å². The summed E-state index contributed by atoms with van der Waals surface area (Å²) in [6.45, 7) is 4.16. The van der Waals surface area contributed by atoms with Crippen molar-refractivity contribution in [3.8, 4) is 0 Å². The number of nitrogens with zero attached hydrogens (tertiary/aromatic N) is 2. The monoisotopic (exact) mass is 311 g/mol. The fraction of sp³-hybridized carbons (Fsp3) is 0.643. The molecule has 1 aromatic rings. The van der Waals surface area contributed by atoms with Gasteiger partial charge in [-0.05, 0) is 32.1 Å². The second-order valence-corrected chi connectivity index (χ2v) is 6.03. The summed E-state index contributed by atoms with van der Waals surface area (Å²) in [5, 5.41) is 6.09. The van der Waals surface area contributed by atoms with E-state index in [4.69, 9.17) is 15.3 Å². The highest BCUT2D eigenvalue weighted by Crippen LogP contribution is 2.26. The van der Waals surface area contributed by atoms with Crippen LogP contribution in [0.1, 0.15) is 45.2 Å². The highest BCUT2D eigenvalue weighted by Gasteiger charge is 2.25. The zero-order valence-electron chi connectivity index (χ0n) is 12.4. The normalized spacial score (nSPS) is 22.9. The predicted molar refractivity (Wildman–Crippen MR) is 82.2 cm³/mol. The molecule has 0 radical (unpaired) electrons. The van der Waals surface area contributed by atoms with Crippen molar-refractivity contribution in [3.63, 3.8) is 0 Å². The lowest BCUT2D eigenvalue weighted by Crippen LogP contribution is -2.26. The van der Waals surface area contributed by atoms with Gasteiger partial charge in [0.2, 0.25) is 5.71 Å². The molecule has 0 bridgehead atoms. The zero-order chi connectivity index (χ0) is 15.2. The topological polar surface area (TPSA) is 86.8 Å². The third-order valence-corrected chi connectivity index (χ3v) is 4.22. The van der Waals surface area contributed by atoms with Gasteiger partial charge < -0.3 is 15.3 Å². The Balaban J connectivity index is 2.14. The van der Waals surface area contributed by atoms with Crippen LogP contribution in [0.4, 0.5) is 5.13 Å². The van der Waals surface area contributed by atoms with Crippen LogP contribution in [0.2, 0.25) is 0 Å². The van der Waals surface area contributed by atoms with Gasteiger partial charge in [-0.3, -0.25) is 0 Å². The van der Waals surface area contributed by atoms with Crippen molar-refractivity contribution < 1.29 is 14.4 Å². The molecule has 1 aliphatic carbocycles. The van der Waals surface area contributed by atoms with Gasteiger partial charge in [-0.1, -0.05) is 18.5 Å². The van der Waals surface area contributed by atoms with E-state index in [-0.39, 0.29) is 18.4 Å². The maximum absolute atomic E-state index is 12.0. The lowest BCUT2D eigenvalue weighted by atomic mass is 9.88. The summed E-state index contributed by atoms with van der Waals surface area (Å²) < 4.78 is 5.01. The van der Waals surface area contributed by atoms with E-state index in [2.05, 4.69) is 17.1 Å². The van der Waals surface area contributed by atoms with Gasteiger partial charge in [-0.15, -0.1) is 11.3 Å². The summed E-state index contributed by atoms with van der Waals surface area (Å²) in [4.78, 5) is 21.7. The number of hydrogen-bond donors (Lipinski definition) is 1. The van der Waals surface area contributed by atoms with Crippen LogP contribution >= 0.6 is 11.3 Å². The Morgan fingerprint density at radius 1 is 1.52 bits per heavy atom. The quantitative estimate of drug-likeness (QED) is 0.513. The number of aromatic nitrogens is 1. The van der Waals surface area contributed by atoms with E-state index in [0.29, 0.717) is 16.7 Å². The molecule has 1 aliphatic rings. The van der Waals surface area contributed by atoms with E-state index < -0.39 is 5.97 Å². The molecule has 1 aromatic heterocycles. The molecule has 2 rings (SSSR count). The average Bonchev–Trinajstić information content (AvgIpc) is 2.88.